The van der Waals surface area contributed by atoms with E-state index in [1.807, 2.05) is 101 Å². The normalized spacial score (nSPS) is 14.2. The number of carbonyl (C=O) groups is 1. The molecule has 45 heavy (non-hydrogen) atoms. The van der Waals surface area contributed by atoms with E-state index in [4.69, 9.17) is 4.74 Å². The Morgan fingerprint density at radius 2 is 1.07 bits per heavy atom. The molecule has 0 saturated carbocycles. The summed E-state index contributed by atoms with van der Waals surface area (Å²) < 4.78 is 34.1. The number of ether oxygens (including phenoxy) is 1. The number of carbonyl (C=O) groups excluding carboxylic acids is 1. The van der Waals surface area contributed by atoms with Gasteiger partial charge in [-0.15, -0.1) is 0 Å². The van der Waals surface area contributed by atoms with Crippen LogP contribution in [0.15, 0.2) is 76.5 Å². The van der Waals surface area contributed by atoms with Crippen molar-refractivity contribution in [3.8, 4) is 5.75 Å². The first-order valence-electron chi connectivity index (χ1n) is 16.9. The van der Waals surface area contributed by atoms with Crippen molar-refractivity contribution in [1.82, 2.24) is 0 Å². The van der Waals surface area contributed by atoms with Gasteiger partial charge in [0, 0.05) is 9.79 Å². The van der Waals surface area contributed by atoms with Crippen molar-refractivity contribution in [2.45, 2.75) is 127 Å². The van der Waals surface area contributed by atoms with Crippen molar-refractivity contribution >= 4 is 27.6 Å². The third kappa shape index (κ3) is 11.3. The number of hydrogen-bond acceptors (Lipinski definition) is 4. The van der Waals surface area contributed by atoms with Gasteiger partial charge in [-0.25, -0.2) is 0 Å². The molecular formula is C39H54O4S2. The zero-order valence-electron chi connectivity index (χ0n) is 28.3. The van der Waals surface area contributed by atoms with Crippen LogP contribution in [0.3, 0.4) is 0 Å². The summed E-state index contributed by atoms with van der Waals surface area (Å²) in [6.45, 7) is 12.0. The van der Waals surface area contributed by atoms with E-state index in [1.54, 1.807) is 0 Å². The van der Waals surface area contributed by atoms with Crippen LogP contribution in [0.5, 0.6) is 5.75 Å². The quantitative estimate of drug-likeness (QED) is 0.0736. The van der Waals surface area contributed by atoms with E-state index in [2.05, 4.69) is 6.92 Å². The number of rotatable bonds is 19. The molecule has 1 unspecified atom stereocenters. The minimum atomic E-state index is -1.61. The maximum Gasteiger partial charge on any atom is 0.314 e. The first-order chi connectivity index (χ1) is 21.6. The van der Waals surface area contributed by atoms with Crippen LogP contribution in [0, 0.1) is 39.5 Å². The Morgan fingerprint density at radius 1 is 0.644 bits per heavy atom. The van der Waals surface area contributed by atoms with Gasteiger partial charge in [0.2, 0.25) is 0 Å². The van der Waals surface area contributed by atoms with Crippen LogP contribution in [0.2, 0.25) is 0 Å². The smallest absolute Gasteiger partial charge is 0.314 e. The van der Waals surface area contributed by atoms with E-state index >= 15 is 0 Å². The predicted molar refractivity (Wildman–Crippen MR) is 190 cm³/mol. The van der Waals surface area contributed by atoms with Crippen molar-refractivity contribution in [3.05, 3.63) is 89.0 Å². The number of para-hydroxylation sites is 1. The van der Waals surface area contributed by atoms with Crippen molar-refractivity contribution in [3.63, 3.8) is 0 Å². The highest BCUT2D eigenvalue weighted by Gasteiger charge is 2.40. The summed E-state index contributed by atoms with van der Waals surface area (Å²) in [6, 6.07) is 21.0. The fourth-order valence-electron chi connectivity index (χ4n) is 5.83. The highest BCUT2D eigenvalue weighted by Crippen LogP contribution is 2.35. The lowest BCUT2D eigenvalue weighted by atomic mass is 9.90. The minimum Gasteiger partial charge on any atom is -0.426 e. The molecule has 3 rings (SSSR count). The van der Waals surface area contributed by atoms with E-state index in [0.717, 1.165) is 41.5 Å². The summed E-state index contributed by atoms with van der Waals surface area (Å²) in [5, 5.41) is 0. The van der Waals surface area contributed by atoms with Crippen molar-refractivity contribution in [1.29, 1.82) is 0 Å². The highest BCUT2D eigenvalue weighted by molar-refractivity contribution is 8.03. The van der Waals surface area contributed by atoms with Crippen molar-refractivity contribution < 1.29 is 17.9 Å². The first-order valence-corrected chi connectivity index (χ1v) is 19.3. The minimum absolute atomic E-state index is 0.365. The molecule has 3 aromatic carbocycles. The maximum atomic E-state index is 14.4. The number of unbranched alkanes of at least 4 members (excludes halogenated alkanes) is 9. The van der Waals surface area contributed by atoms with Gasteiger partial charge in [-0.3, -0.25) is 13.2 Å². The fourth-order valence-corrected chi connectivity index (χ4v) is 9.85. The largest absolute Gasteiger partial charge is 0.426 e. The fraction of sp³-hybridized carbons (Fsp3) is 0.513. The average Bonchev–Trinajstić information content (AvgIpc) is 3.03. The van der Waals surface area contributed by atoms with Crippen LogP contribution in [-0.2, 0) is 26.4 Å². The second-order valence-electron chi connectivity index (χ2n) is 12.7. The molecule has 0 aromatic heterocycles. The Bertz CT molecular complexity index is 1300. The van der Waals surface area contributed by atoms with E-state index < -0.39 is 38.0 Å². The lowest BCUT2D eigenvalue weighted by Gasteiger charge is -2.30. The van der Waals surface area contributed by atoms with Gasteiger partial charge in [0.25, 0.3) is 0 Å². The monoisotopic (exact) mass is 650 g/mol. The molecule has 0 radical (unpaired) electrons. The Morgan fingerprint density at radius 3 is 1.51 bits per heavy atom. The van der Waals surface area contributed by atoms with Gasteiger partial charge in [-0.1, -0.05) is 132 Å². The second-order valence-corrected chi connectivity index (χ2v) is 16.1. The third-order valence-electron chi connectivity index (χ3n) is 8.79. The number of hydrogen-bond donors (Lipinski definition) is 0. The van der Waals surface area contributed by atoms with Crippen LogP contribution in [-0.4, -0.2) is 19.0 Å². The van der Waals surface area contributed by atoms with Crippen molar-refractivity contribution in [2.24, 2.45) is 11.8 Å². The van der Waals surface area contributed by atoms with E-state index in [1.165, 1.54) is 44.9 Å². The SMILES string of the molecule is CCCCCCCCCCCCC(C([S@@](=O)c1ccc(C)cc1)[S@@](=O)c1ccc(C)cc1)[C@H](C)C(=O)Oc1c(C)cccc1C. The predicted octanol–water partition coefficient (Wildman–Crippen LogP) is 10.3. The van der Waals surface area contributed by atoms with E-state index in [-0.39, 0.29) is 5.97 Å². The Kier molecular flexibility index (Phi) is 15.7. The van der Waals surface area contributed by atoms with Gasteiger partial charge in [0.05, 0.1) is 27.5 Å². The molecule has 0 bridgehead atoms. The second kappa shape index (κ2) is 19.2. The molecule has 3 aromatic rings. The molecule has 6 heteroatoms. The molecule has 4 atom stereocenters. The summed E-state index contributed by atoms with van der Waals surface area (Å²) in [4.78, 5) is 15.1. The highest BCUT2D eigenvalue weighted by atomic mass is 32.2. The van der Waals surface area contributed by atoms with Crippen LogP contribution in [0.1, 0.15) is 107 Å². The first kappa shape index (κ1) is 36.9. The van der Waals surface area contributed by atoms with Gasteiger partial charge in [-0.05, 0) is 75.4 Å². The standard InChI is InChI=1S/C39H54O4S2/c1-7-8-9-10-11-12-13-14-15-16-20-36(33(6)38(40)43-37-31(4)18-17-19-32(37)5)39(44(41)34-25-21-29(2)22-26-34)45(42)35-27-23-30(3)24-28-35/h17-19,21-28,33,36,39H,7-16,20H2,1-6H3/t33-,36?,44-,45-/m0/s1. The molecule has 0 N–H and O–H groups in total. The summed E-state index contributed by atoms with van der Waals surface area (Å²) >= 11 is 0. The third-order valence-corrected chi connectivity index (χ3v) is 12.9. The lowest BCUT2D eigenvalue weighted by Crippen LogP contribution is -2.39. The van der Waals surface area contributed by atoms with Crippen LogP contribution in [0.25, 0.3) is 0 Å². The van der Waals surface area contributed by atoms with E-state index in [0.29, 0.717) is 22.0 Å². The molecule has 0 heterocycles. The van der Waals surface area contributed by atoms with Gasteiger partial charge in [0.1, 0.15) is 10.3 Å². The molecular weight excluding hydrogens is 597 g/mol. The molecule has 0 fully saturated rings. The van der Waals surface area contributed by atoms with Crippen molar-refractivity contribution in [2.75, 3.05) is 0 Å². The summed E-state index contributed by atoms with van der Waals surface area (Å²) in [5.74, 6) is -0.796. The Labute approximate surface area is 277 Å². The average molecular weight is 651 g/mol. The molecule has 0 aliphatic heterocycles. The van der Waals surface area contributed by atoms with Crippen LogP contribution < -0.4 is 4.74 Å². The zero-order valence-corrected chi connectivity index (χ0v) is 29.9. The Balaban J connectivity index is 1.88. The van der Waals surface area contributed by atoms with Crippen LogP contribution in [0.4, 0.5) is 0 Å². The molecule has 4 nitrogen and oxygen atoms in total. The topological polar surface area (TPSA) is 60.4 Å². The molecule has 0 aliphatic rings. The zero-order chi connectivity index (χ0) is 32.8. The van der Waals surface area contributed by atoms with Crippen LogP contribution >= 0.6 is 0 Å². The van der Waals surface area contributed by atoms with Gasteiger partial charge < -0.3 is 4.74 Å². The van der Waals surface area contributed by atoms with Gasteiger partial charge in [-0.2, -0.15) is 0 Å². The number of esters is 1. The van der Waals surface area contributed by atoms with Gasteiger partial charge in [0.15, 0.2) is 0 Å². The van der Waals surface area contributed by atoms with Gasteiger partial charge >= 0.3 is 5.97 Å². The molecule has 0 amide bonds. The molecule has 0 spiro atoms. The summed E-state index contributed by atoms with van der Waals surface area (Å²) in [5.41, 5.74) is 3.92. The summed E-state index contributed by atoms with van der Waals surface area (Å²) in [6.07, 6.45) is 12.7. The molecule has 0 aliphatic carbocycles. The molecule has 0 saturated heterocycles. The number of benzene rings is 3. The number of aryl methyl sites for hydroxylation is 4. The Hall–Kier alpha value is -2.57. The lowest BCUT2D eigenvalue weighted by molar-refractivity contribution is -0.140. The molecule has 246 valence electrons. The summed E-state index contributed by atoms with van der Waals surface area (Å²) in [7, 11) is -3.22. The maximum absolute atomic E-state index is 14.4. The van der Waals surface area contributed by atoms with E-state index in [9.17, 15) is 13.2 Å².